The summed E-state index contributed by atoms with van der Waals surface area (Å²) in [6, 6.07) is 7.81. The van der Waals surface area contributed by atoms with Crippen LogP contribution in [0.4, 0.5) is 0 Å². The van der Waals surface area contributed by atoms with Gasteiger partial charge in [-0.05, 0) is 23.4 Å². The quantitative estimate of drug-likeness (QED) is 0.774. The van der Waals surface area contributed by atoms with Gasteiger partial charge in [-0.3, -0.25) is 4.79 Å². The van der Waals surface area contributed by atoms with Crippen molar-refractivity contribution in [3.63, 3.8) is 0 Å². The van der Waals surface area contributed by atoms with Gasteiger partial charge in [-0.1, -0.05) is 30.7 Å². The molecule has 1 unspecified atom stereocenters. The molecular weight excluding hydrogens is 286 g/mol. The van der Waals surface area contributed by atoms with Crippen LogP contribution in [0.2, 0.25) is 5.02 Å². The van der Waals surface area contributed by atoms with Gasteiger partial charge in [0, 0.05) is 17.3 Å². The second kappa shape index (κ2) is 6.73. The number of thioether (sulfide) groups is 2. The third-order valence-electron chi connectivity index (χ3n) is 2.78. The number of hydrogen-bond acceptors (Lipinski definition) is 3. The molecular formula is C13H16ClNOS2. The van der Waals surface area contributed by atoms with E-state index in [1.165, 1.54) is 0 Å². The molecule has 1 atom stereocenters. The molecule has 1 amide bonds. The number of carbonyl (C=O) groups is 1. The molecule has 2 nitrogen and oxygen atoms in total. The number of amides is 1. The van der Waals surface area contributed by atoms with Crippen molar-refractivity contribution in [2.45, 2.75) is 12.3 Å². The first-order valence-corrected chi connectivity index (χ1v) is 8.54. The second-order valence-corrected chi connectivity index (χ2v) is 6.90. The maximum absolute atomic E-state index is 11.9. The summed E-state index contributed by atoms with van der Waals surface area (Å²) in [5, 5.41) is 0.865. The summed E-state index contributed by atoms with van der Waals surface area (Å²) in [5.41, 5.74) is 1.12. The Morgan fingerprint density at radius 1 is 1.56 bits per heavy atom. The molecule has 1 heterocycles. The minimum absolute atomic E-state index is 0.133. The molecule has 0 spiro atoms. The Balaban J connectivity index is 2.08. The van der Waals surface area contributed by atoms with Crippen LogP contribution in [-0.2, 0) is 4.79 Å². The minimum Gasteiger partial charge on any atom is -0.325 e. The molecule has 1 saturated heterocycles. The standard InChI is InChI=1S/C13H16ClNOS2/c1-2-17-7-6-15-12(16)9-18-13(15)10-4-3-5-11(14)8-10/h3-5,8,13H,2,6-7,9H2,1H3. The normalized spacial score (nSPS) is 19.6. The van der Waals surface area contributed by atoms with E-state index in [0.717, 1.165) is 28.6 Å². The SMILES string of the molecule is CCSCCN1C(=O)CSC1c1cccc(Cl)c1. The van der Waals surface area contributed by atoms with Gasteiger partial charge in [0.15, 0.2) is 0 Å². The van der Waals surface area contributed by atoms with E-state index in [9.17, 15) is 4.79 Å². The molecule has 98 valence electrons. The predicted molar refractivity (Wildman–Crippen MR) is 81.4 cm³/mol. The molecule has 2 rings (SSSR count). The first-order valence-electron chi connectivity index (χ1n) is 5.96. The highest BCUT2D eigenvalue weighted by atomic mass is 35.5. The van der Waals surface area contributed by atoms with Crippen LogP contribution in [0.25, 0.3) is 0 Å². The lowest BCUT2D eigenvalue weighted by Crippen LogP contribution is -2.30. The number of halogens is 1. The Morgan fingerprint density at radius 3 is 3.11 bits per heavy atom. The molecule has 1 aliphatic heterocycles. The summed E-state index contributed by atoms with van der Waals surface area (Å²) < 4.78 is 0. The van der Waals surface area contributed by atoms with Crippen molar-refractivity contribution in [1.29, 1.82) is 0 Å². The van der Waals surface area contributed by atoms with Crippen molar-refractivity contribution in [1.82, 2.24) is 4.90 Å². The number of benzene rings is 1. The number of rotatable bonds is 5. The van der Waals surface area contributed by atoms with Crippen molar-refractivity contribution in [3.05, 3.63) is 34.9 Å². The molecule has 0 radical (unpaired) electrons. The van der Waals surface area contributed by atoms with Crippen LogP contribution in [-0.4, -0.2) is 34.6 Å². The van der Waals surface area contributed by atoms with Gasteiger partial charge in [0.1, 0.15) is 5.37 Å². The van der Waals surface area contributed by atoms with Crippen LogP contribution in [0.1, 0.15) is 17.9 Å². The van der Waals surface area contributed by atoms with E-state index in [4.69, 9.17) is 11.6 Å². The average molecular weight is 302 g/mol. The van der Waals surface area contributed by atoms with Crippen LogP contribution >= 0.6 is 35.1 Å². The molecule has 1 aliphatic rings. The topological polar surface area (TPSA) is 20.3 Å². The van der Waals surface area contributed by atoms with Crippen LogP contribution in [0, 0.1) is 0 Å². The van der Waals surface area contributed by atoms with Crippen molar-refractivity contribution in [2.24, 2.45) is 0 Å². The van der Waals surface area contributed by atoms with Crippen molar-refractivity contribution < 1.29 is 4.79 Å². The second-order valence-electron chi connectivity index (χ2n) is 4.00. The minimum atomic E-state index is 0.133. The van der Waals surface area contributed by atoms with Crippen LogP contribution in [0.5, 0.6) is 0 Å². The molecule has 0 aliphatic carbocycles. The summed E-state index contributed by atoms with van der Waals surface area (Å²) in [6.07, 6.45) is 0. The van der Waals surface area contributed by atoms with E-state index in [-0.39, 0.29) is 11.3 Å². The lowest BCUT2D eigenvalue weighted by atomic mass is 10.2. The van der Waals surface area contributed by atoms with E-state index in [0.29, 0.717) is 5.75 Å². The Morgan fingerprint density at radius 2 is 2.39 bits per heavy atom. The third-order valence-corrected chi connectivity index (χ3v) is 5.15. The van der Waals surface area contributed by atoms with Crippen molar-refractivity contribution in [3.8, 4) is 0 Å². The van der Waals surface area contributed by atoms with Crippen LogP contribution < -0.4 is 0 Å². The van der Waals surface area contributed by atoms with E-state index < -0.39 is 0 Å². The highest BCUT2D eigenvalue weighted by Gasteiger charge is 2.32. The molecule has 0 aromatic heterocycles. The van der Waals surface area contributed by atoms with E-state index in [1.807, 2.05) is 40.9 Å². The van der Waals surface area contributed by atoms with E-state index in [1.54, 1.807) is 11.8 Å². The van der Waals surface area contributed by atoms with Gasteiger partial charge >= 0.3 is 0 Å². The summed E-state index contributed by atoms with van der Waals surface area (Å²) in [5.74, 6) is 2.91. The lowest BCUT2D eigenvalue weighted by molar-refractivity contribution is -0.127. The maximum atomic E-state index is 11.9. The molecule has 5 heteroatoms. The van der Waals surface area contributed by atoms with Crippen molar-refractivity contribution >= 4 is 41.0 Å². The lowest BCUT2D eigenvalue weighted by Gasteiger charge is -2.24. The van der Waals surface area contributed by atoms with Gasteiger partial charge < -0.3 is 4.90 Å². The average Bonchev–Trinajstić information content (AvgIpc) is 2.72. The molecule has 18 heavy (non-hydrogen) atoms. The van der Waals surface area contributed by atoms with Gasteiger partial charge in [0.25, 0.3) is 0 Å². The zero-order valence-electron chi connectivity index (χ0n) is 10.3. The molecule has 1 aromatic rings. The van der Waals surface area contributed by atoms with Gasteiger partial charge in [-0.2, -0.15) is 11.8 Å². The maximum Gasteiger partial charge on any atom is 0.233 e. The predicted octanol–water partition coefficient (Wildman–Crippen LogP) is 3.67. The summed E-state index contributed by atoms with van der Waals surface area (Å²) >= 11 is 9.57. The van der Waals surface area contributed by atoms with E-state index >= 15 is 0 Å². The fourth-order valence-corrected chi connectivity index (χ4v) is 3.96. The van der Waals surface area contributed by atoms with Crippen molar-refractivity contribution in [2.75, 3.05) is 23.8 Å². The summed E-state index contributed by atoms with van der Waals surface area (Å²) in [7, 11) is 0. The first-order chi connectivity index (χ1) is 8.72. The fourth-order valence-electron chi connectivity index (χ4n) is 1.94. The Hall–Kier alpha value is -0.320. The van der Waals surface area contributed by atoms with Crippen LogP contribution in [0.15, 0.2) is 24.3 Å². The molecule has 0 saturated carbocycles. The zero-order valence-corrected chi connectivity index (χ0v) is 12.7. The van der Waals surface area contributed by atoms with Gasteiger partial charge in [-0.15, -0.1) is 11.8 Å². The highest BCUT2D eigenvalue weighted by molar-refractivity contribution is 8.00. The molecule has 1 fully saturated rings. The summed E-state index contributed by atoms with van der Waals surface area (Å²) in [4.78, 5) is 13.9. The molecule has 0 bridgehead atoms. The van der Waals surface area contributed by atoms with Gasteiger partial charge in [0.2, 0.25) is 5.91 Å². The smallest absolute Gasteiger partial charge is 0.233 e. The number of nitrogens with zero attached hydrogens (tertiary/aromatic N) is 1. The fraction of sp³-hybridized carbons (Fsp3) is 0.462. The van der Waals surface area contributed by atoms with E-state index in [2.05, 4.69) is 6.92 Å². The largest absolute Gasteiger partial charge is 0.325 e. The molecule has 1 aromatic carbocycles. The Labute approximate surface area is 121 Å². The highest BCUT2D eigenvalue weighted by Crippen LogP contribution is 2.39. The zero-order chi connectivity index (χ0) is 13.0. The number of hydrogen-bond donors (Lipinski definition) is 0. The Bertz CT molecular complexity index is 427. The van der Waals surface area contributed by atoms with Gasteiger partial charge in [0.05, 0.1) is 5.75 Å². The first kappa shape index (κ1) is 14.1. The number of carbonyl (C=O) groups excluding carboxylic acids is 1. The summed E-state index contributed by atoms with van der Waals surface area (Å²) in [6.45, 7) is 2.96. The third kappa shape index (κ3) is 3.37. The van der Waals surface area contributed by atoms with Crippen LogP contribution in [0.3, 0.4) is 0 Å². The van der Waals surface area contributed by atoms with Gasteiger partial charge in [-0.25, -0.2) is 0 Å². The Kier molecular flexibility index (Phi) is 5.27. The molecule has 0 N–H and O–H groups in total. The monoisotopic (exact) mass is 301 g/mol.